The van der Waals surface area contributed by atoms with Gasteiger partial charge in [-0.1, -0.05) is 0 Å². The van der Waals surface area contributed by atoms with Gasteiger partial charge in [0, 0.05) is 26.9 Å². The Morgan fingerprint density at radius 2 is 1.41 bits per heavy atom. The Hall–Kier alpha value is -0.893. The third-order valence-corrected chi connectivity index (χ3v) is 10.9. The van der Waals surface area contributed by atoms with Crippen LogP contribution in [0, 0.1) is 17.8 Å². The summed E-state index contributed by atoms with van der Waals surface area (Å²) in [5.74, 6) is -2.46. The number of esters is 1. The Bertz CT molecular complexity index is 681. The van der Waals surface area contributed by atoms with Gasteiger partial charge in [-0.25, -0.2) is 0 Å². The van der Waals surface area contributed by atoms with Crippen molar-refractivity contribution in [2.75, 3.05) is 21.3 Å². The van der Waals surface area contributed by atoms with Gasteiger partial charge in [0.2, 0.25) is 0 Å². The molecule has 0 spiro atoms. The summed E-state index contributed by atoms with van der Waals surface area (Å²) in [5.41, 5.74) is -8.60. The van der Waals surface area contributed by atoms with Gasteiger partial charge in [-0.3, -0.25) is 4.79 Å². The van der Waals surface area contributed by atoms with E-state index in [1.54, 1.807) is 0 Å². The molecule has 186 valence electrons. The highest BCUT2D eigenvalue weighted by Gasteiger charge is 2.81. The van der Waals surface area contributed by atoms with Crippen LogP contribution in [0.3, 0.4) is 0 Å². The first-order valence-corrected chi connectivity index (χ1v) is 12.3. The molecule has 2 bridgehead atoms. The molecule has 0 aromatic heterocycles. The van der Waals surface area contributed by atoms with E-state index in [0.29, 0.717) is 12.8 Å². The summed E-state index contributed by atoms with van der Waals surface area (Å²) < 4.78 is 103. The summed E-state index contributed by atoms with van der Waals surface area (Å²) >= 11 is 0. The molecule has 0 aliphatic heterocycles. The second kappa shape index (κ2) is 8.40. The van der Waals surface area contributed by atoms with Crippen LogP contribution >= 0.6 is 0 Å². The van der Waals surface area contributed by atoms with Crippen LogP contribution in [0.25, 0.3) is 0 Å². The molecule has 3 aliphatic rings. The Morgan fingerprint density at radius 1 is 0.906 bits per heavy atom. The van der Waals surface area contributed by atoms with Crippen LogP contribution in [0.1, 0.15) is 44.9 Å². The molecule has 32 heavy (non-hydrogen) atoms. The van der Waals surface area contributed by atoms with Crippen LogP contribution < -0.4 is 0 Å². The fourth-order valence-electron chi connectivity index (χ4n) is 6.16. The maximum absolute atomic E-state index is 13.6. The maximum Gasteiger partial charge on any atom is 0.503 e. The summed E-state index contributed by atoms with van der Waals surface area (Å²) in [7, 11) is 1.00. The summed E-state index contributed by atoms with van der Waals surface area (Å²) in [4.78, 5) is 13.1. The zero-order valence-electron chi connectivity index (χ0n) is 18.0. The molecule has 0 amide bonds. The van der Waals surface area contributed by atoms with Gasteiger partial charge in [-0.05, 0) is 56.8 Å². The van der Waals surface area contributed by atoms with Crippen molar-refractivity contribution in [3.05, 3.63) is 0 Å². The molecule has 13 heteroatoms. The van der Waals surface area contributed by atoms with Gasteiger partial charge < -0.3 is 23.1 Å². The highest BCUT2D eigenvalue weighted by atomic mass is 28.4. The van der Waals surface area contributed by atoms with Crippen molar-refractivity contribution < 1.29 is 54.3 Å². The Balaban J connectivity index is 1.91. The molecule has 0 radical (unpaired) electrons. The molecular formula is C19H28F6O6Si. The molecule has 0 aromatic rings. The van der Waals surface area contributed by atoms with Gasteiger partial charge in [0.05, 0.1) is 5.92 Å². The van der Waals surface area contributed by atoms with E-state index in [4.69, 9.17) is 18.0 Å². The van der Waals surface area contributed by atoms with E-state index >= 15 is 0 Å². The van der Waals surface area contributed by atoms with Gasteiger partial charge in [-0.15, -0.1) is 0 Å². The number of hydrogen-bond acceptors (Lipinski definition) is 6. The normalized spacial score (nSPS) is 30.7. The third kappa shape index (κ3) is 3.67. The van der Waals surface area contributed by atoms with Crippen molar-refractivity contribution in [3.63, 3.8) is 0 Å². The lowest BCUT2D eigenvalue weighted by molar-refractivity contribution is -0.412. The van der Waals surface area contributed by atoms with E-state index in [0.717, 1.165) is 0 Å². The number of carbonyl (C=O) groups excluding carboxylic acids is 1. The van der Waals surface area contributed by atoms with Crippen molar-refractivity contribution in [3.8, 4) is 0 Å². The van der Waals surface area contributed by atoms with Gasteiger partial charge in [0.1, 0.15) is 0 Å². The highest BCUT2D eigenvalue weighted by Crippen LogP contribution is 2.60. The molecule has 1 N–H and O–H groups in total. The summed E-state index contributed by atoms with van der Waals surface area (Å²) in [6, 6.07) is 0. The number of rotatable bonds is 7. The summed E-state index contributed by atoms with van der Waals surface area (Å²) in [5, 5.41) is 10.1. The Kier molecular flexibility index (Phi) is 6.75. The maximum atomic E-state index is 13.6. The van der Waals surface area contributed by atoms with Crippen LogP contribution in [0.15, 0.2) is 0 Å². The fourth-order valence-corrected chi connectivity index (χ4v) is 9.08. The average molecular weight is 495 g/mol. The predicted molar refractivity (Wildman–Crippen MR) is 99.2 cm³/mol. The molecule has 4 atom stereocenters. The quantitative estimate of drug-likeness (QED) is 0.328. The second-order valence-electron chi connectivity index (χ2n) is 8.99. The van der Waals surface area contributed by atoms with Gasteiger partial charge in [0.25, 0.3) is 5.60 Å². The first-order valence-electron chi connectivity index (χ1n) is 10.5. The molecular weight excluding hydrogens is 466 g/mol. The fraction of sp³-hybridized carbons (Fsp3) is 0.947. The minimum absolute atomic E-state index is 0.0264. The largest absolute Gasteiger partial charge is 0.503 e. The van der Waals surface area contributed by atoms with Gasteiger partial charge in [0.15, 0.2) is 5.60 Å². The molecule has 3 rings (SSSR count). The highest BCUT2D eigenvalue weighted by molar-refractivity contribution is 6.62. The standard InChI is InChI=1S/C19H28F6O6Si/c1-28-32(29-2,30-3)14-10-11-8-12(14)13(9-11)15(26)31-16(6-4-5-7-16)17(27,18(20,21)22)19(23,24)25/h11-14,27H,4-10H2,1-3H3. The molecule has 0 heterocycles. The van der Waals surface area contributed by atoms with Crippen LogP contribution in [-0.4, -0.2) is 64.8 Å². The zero-order chi connectivity index (χ0) is 24.2. The van der Waals surface area contributed by atoms with E-state index in [2.05, 4.69) is 0 Å². The first kappa shape index (κ1) is 25.7. The topological polar surface area (TPSA) is 74.2 Å². The van der Waals surface area contributed by atoms with Crippen molar-refractivity contribution in [1.82, 2.24) is 0 Å². The molecule has 6 nitrogen and oxygen atoms in total. The number of alkyl halides is 6. The van der Waals surface area contributed by atoms with Crippen LogP contribution in [-0.2, 0) is 22.8 Å². The number of hydrogen-bond donors (Lipinski definition) is 1. The lowest BCUT2D eigenvalue weighted by atomic mass is 9.79. The number of aliphatic hydroxyl groups is 1. The molecule has 3 saturated carbocycles. The van der Waals surface area contributed by atoms with E-state index in [1.165, 1.54) is 21.3 Å². The zero-order valence-corrected chi connectivity index (χ0v) is 19.0. The van der Waals surface area contributed by atoms with Crippen molar-refractivity contribution in [2.24, 2.45) is 17.8 Å². The number of halogens is 6. The predicted octanol–water partition coefficient (Wildman–Crippen LogP) is 3.99. The molecule has 4 unspecified atom stereocenters. The van der Waals surface area contributed by atoms with Crippen molar-refractivity contribution >= 4 is 14.8 Å². The molecule has 0 aromatic carbocycles. The van der Waals surface area contributed by atoms with Crippen LogP contribution in [0.4, 0.5) is 26.3 Å². The van der Waals surface area contributed by atoms with Crippen molar-refractivity contribution in [1.29, 1.82) is 0 Å². The van der Waals surface area contributed by atoms with Crippen LogP contribution in [0.2, 0.25) is 5.54 Å². The van der Waals surface area contributed by atoms with E-state index < -0.39 is 63.0 Å². The van der Waals surface area contributed by atoms with Gasteiger partial charge >= 0.3 is 27.1 Å². The van der Waals surface area contributed by atoms with Crippen LogP contribution in [0.5, 0.6) is 0 Å². The lowest BCUT2D eigenvalue weighted by Gasteiger charge is -2.46. The van der Waals surface area contributed by atoms with E-state index in [9.17, 15) is 36.2 Å². The second-order valence-corrected chi connectivity index (χ2v) is 12.2. The number of carbonyl (C=O) groups is 1. The Labute approximate surface area is 182 Å². The minimum Gasteiger partial charge on any atom is -0.455 e. The average Bonchev–Trinajstić information content (AvgIpc) is 3.44. The first-order chi connectivity index (χ1) is 14.7. The van der Waals surface area contributed by atoms with E-state index in [-0.39, 0.29) is 30.7 Å². The molecule has 3 aliphatic carbocycles. The van der Waals surface area contributed by atoms with Gasteiger partial charge in [-0.2, -0.15) is 26.3 Å². The monoisotopic (exact) mass is 494 g/mol. The van der Waals surface area contributed by atoms with E-state index in [1.807, 2.05) is 0 Å². The molecule has 0 saturated heterocycles. The third-order valence-electron chi connectivity index (χ3n) is 7.61. The minimum atomic E-state index is -6.07. The SMILES string of the molecule is CO[Si](OC)(OC)C1CC2CC(C(=O)OC3(C(O)(C(F)(F)F)C(F)(F)F)CCCC3)C1C2. The summed E-state index contributed by atoms with van der Waals surface area (Å²) in [6.45, 7) is 0. The summed E-state index contributed by atoms with van der Waals surface area (Å²) in [6.07, 6.45) is -12.2. The Morgan fingerprint density at radius 3 is 1.81 bits per heavy atom. The smallest absolute Gasteiger partial charge is 0.455 e. The lowest BCUT2D eigenvalue weighted by Crippen LogP contribution is -2.71. The number of ether oxygens (including phenoxy) is 1. The van der Waals surface area contributed by atoms with Crippen molar-refractivity contribution in [2.45, 2.75) is 74.0 Å². The number of fused-ring (bicyclic) bond motifs is 2. The molecule has 3 fully saturated rings.